The van der Waals surface area contributed by atoms with E-state index in [2.05, 4.69) is 39.1 Å². The molecule has 0 saturated heterocycles. The molecule has 1 aliphatic rings. The summed E-state index contributed by atoms with van der Waals surface area (Å²) < 4.78 is 0. The van der Waals surface area contributed by atoms with Gasteiger partial charge in [0.05, 0.1) is 11.4 Å². The summed E-state index contributed by atoms with van der Waals surface area (Å²) >= 11 is 0. The van der Waals surface area contributed by atoms with Crippen molar-refractivity contribution in [2.75, 3.05) is 5.32 Å². The Hall–Kier alpha value is -2.46. The first kappa shape index (κ1) is 16.0. The van der Waals surface area contributed by atoms with Crippen LogP contribution in [0.2, 0.25) is 0 Å². The zero-order valence-corrected chi connectivity index (χ0v) is 15.1. The predicted octanol–water partition coefficient (Wildman–Crippen LogP) is 4.63. The van der Waals surface area contributed by atoms with E-state index in [1.54, 1.807) is 0 Å². The van der Waals surface area contributed by atoms with Crippen LogP contribution in [-0.4, -0.2) is 15.1 Å². The molecular weight excluding hydrogens is 310 g/mol. The summed E-state index contributed by atoms with van der Waals surface area (Å²) in [6.45, 7) is 8.46. The fourth-order valence-electron chi connectivity index (χ4n) is 3.51. The standard InChI is InChI=1S/C21H23N3O/c1-5-12-10-11-14-17-16(19(21(2,3)4)24-20(14)22-12)18(25)13-8-6-7-9-15(13)23-17/h6-11,18,23,25H,5H2,1-4H3. The number of nitrogens with one attached hydrogen (secondary N) is 1. The van der Waals surface area contributed by atoms with Crippen molar-refractivity contribution >= 4 is 22.4 Å². The molecule has 4 heteroatoms. The molecule has 3 heterocycles. The van der Waals surface area contributed by atoms with Crippen molar-refractivity contribution in [2.45, 2.75) is 45.6 Å². The molecule has 0 bridgehead atoms. The number of fused-ring (bicyclic) bond motifs is 4. The third-order valence-corrected chi connectivity index (χ3v) is 4.81. The summed E-state index contributed by atoms with van der Waals surface area (Å²) in [4.78, 5) is 9.60. The number of hydrogen-bond donors (Lipinski definition) is 2. The van der Waals surface area contributed by atoms with Crippen molar-refractivity contribution in [1.29, 1.82) is 0 Å². The molecule has 0 radical (unpaired) electrons. The Balaban J connectivity index is 2.07. The van der Waals surface area contributed by atoms with Crippen LogP contribution in [0.5, 0.6) is 0 Å². The van der Waals surface area contributed by atoms with Crippen LogP contribution >= 0.6 is 0 Å². The highest BCUT2D eigenvalue weighted by Gasteiger charge is 2.33. The molecule has 0 aliphatic carbocycles. The van der Waals surface area contributed by atoms with E-state index in [9.17, 15) is 5.11 Å². The van der Waals surface area contributed by atoms with E-state index in [0.717, 1.165) is 51.3 Å². The van der Waals surface area contributed by atoms with Gasteiger partial charge < -0.3 is 10.4 Å². The number of para-hydroxylation sites is 1. The molecule has 25 heavy (non-hydrogen) atoms. The maximum Gasteiger partial charge on any atom is 0.161 e. The molecule has 2 N–H and O–H groups in total. The van der Waals surface area contributed by atoms with Crippen molar-refractivity contribution in [3.05, 3.63) is 58.9 Å². The van der Waals surface area contributed by atoms with Gasteiger partial charge in [-0.05, 0) is 24.6 Å². The lowest BCUT2D eigenvalue weighted by Gasteiger charge is -2.32. The molecular formula is C21H23N3O. The first-order valence-electron chi connectivity index (χ1n) is 8.78. The van der Waals surface area contributed by atoms with Gasteiger partial charge in [-0.15, -0.1) is 0 Å². The van der Waals surface area contributed by atoms with Crippen LogP contribution < -0.4 is 5.32 Å². The lowest BCUT2D eigenvalue weighted by atomic mass is 9.82. The SMILES string of the molecule is CCc1ccc2c3c(c(C(C)(C)C)nc2n1)C(O)c1ccccc1N3. The fourth-order valence-corrected chi connectivity index (χ4v) is 3.51. The quantitative estimate of drug-likeness (QED) is 0.682. The van der Waals surface area contributed by atoms with Gasteiger partial charge in [-0.2, -0.15) is 0 Å². The summed E-state index contributed by atoms with van der Waals surface area (Å²) in [7, 11) is 0. The zero-order chi connectivity index (χ0) is 17.8. The molecule has 4 nitrogen and oxygen atoms in total. The van der Waals surface area contributed by atoms with Crippen molar-refractivity contribution in [3.8, 4) is 0 Å². The number of benzene rings is 1. The minimum Gasteiger partial charge on any atom is -0.383 e. The minimum atomic E-state index is -0.690. The molecule has 128 valence electrons. The van der Waals surface area contributed by atoms with Crippen LogP contribution in [-0.2, 0) is 11.8 Å². The summed E-state index contributed by atoms with van der Waals surface area (Å²) in [5.41, 5.74) is 6.08. The Labute approximate surface area is 148 Å². The van der Waals surface area contributed by atoms with Gasteiger partial charge in [0, 0.05) is 33.3 Å². The molecule has 2 aromatic heterocycles. The van der Waals surface area contributed by atoms with Gasteiger partial charge >= 0.3 is 0 Å². The van der Waals surface area contributed by atoms with Crippen LogP contribution in [0.15, 0.2) is 36.4 Å². The Morgan fingerprint density at radius 3 is 2.56 bits per heavy atom. The van der Waals surface area contributed by atoms with Crippen molar-refractivity contribution in [2.24, 2.45) is 0 Å². The second-order valence-corrected chi connectivity index (χ2v) is 7.64. The third kappa shape index (κ3) is 2.48. The van der Waals surface area contributed by atoms with Crippen molar-refractivity contribution in [3.63, 3.8) is 0 Å². The van der Waals surface area contributed by atoms with Gasteiger partial charge in [-0.25, -0.2) is 9.97 Å². The number of aliphatic hydroxyl groups is 1. The number of hydrogen-bond acceptors (Lipinski definition) is 4. The maximum absolute atomic E-state index is 11.1. The van der Waals surface area contributed by atoms with Gasteiger partial charge in [-0.3, -0.25) is 0 Å². The van der Waals surface area contributed by atoms with Gasteiger partial charge in [0.25, 0.3) is 0 Å². The largest absolute Gasteiger partial charge is 0.383 e. The molecule has 4 rings (SSSR count). The molecule has 1 aliphatic heterocycles. The lowest BCUT2D eigenvalue weighted by Crippen LogP contribution is -2.23. The van der Waals surface area contributed by atoms with E-state index in [1.807, 2.05) is 30.3 Å². The van der Waals surface area contributed by atoms with Crippen molar-refractivity contribution in [1.82, 2.24) is 9.97 Å². The lowest BCUT2D eigenvalue weighted by molar-refractivity contribution is 0.217. The Morgan fingerprint density at radius 1 is 1.08 bits per heavy atom. The number of aliphatic hydroxyl groups excluding tert-OH is 1. The second kappa shape index (κ2) is 5.53. The zero-order valence-electron chi connectivity index (χ0n) is 15.1. The highest BCUT2D eigenvalue weighted by molar-refractivity contribution is 5.96. The van der Waals surface area contributed by atoms with Crippen molar-refractivity contribution < 1.29 is 5.11 Å². The normalized spacial score (nSPS) is 16.3. The van der Waals surface area contributed by atoms with E-state index in [0.29, 0.717) is 0 Å². The van der Waals surface area contributed by atoms with Gasteiger partial charge in [-0.1, -0.05) is 45.9 Å². The number of anilines is 2. The second-order valence-electron chi connectivity index (χ2n) is 7.64. The van der Waals surface area contributed by atoms with Crippen LogP contribution in [0.3, 0.4) is 0 Å². The molecule has 0 fully saturated rings. The van der Waals surface area contributed by atoms with E-state index in [1.165, 1.54) is 0 Å². The maximum atomic E-state index is 11.1. The summed E-state index contributed by atoms with van der Waals surface area (Å²) in [5, 5.41) is 15.6. The monoisotopic (exact) mass is 333 g/mol. The topological polar surface area (TPSA) is 58.0 Å². The third-order valence-electron chi connectivity index (χ3n) is 4.81. The molecule has 1 aromatic carbocycles. The highest BCUT2D eigenvalue weighted by Crippen LogP contribution is 2.46. The molecule has 0 saturated carbocycles. The minimum absolute atomic E-state index is 0.197. The number of aromatic nitrogens is 2. The number of aryl methyl sites for hydroxylation is 1. The Kier molecular flexibility index (Phi) is 3.55. The summed E-state index contributed by atoms with van der Waals surface area (Å²) in [6.07, 6.45) is 0.183. The van der Waals surface area contributed by atoms with E-state index in [-0.39, 0.29) is 5.41 Å². The number of rotatable bonds is 1. The van der Waals surface area contributed by atoms with Gasteiger partial charge in [0.2, 0.25) is 0 Å². The molecule has 3 aromatic rings. The average Bonchev–Trinajstić information content (AvgIpc) is 2.60. The summed E-state index contributed by atoms with van der Waals surface area (Å²) in [6, 6.07) is 12.0. The number of pyridine rings is 2. The molecule has 0 amide bonds. The van der Waals surface area contributed by atoms with Crippen LogP contribution in [0.4, 0.5) is 11.4 Å². The van der Waals surface area contributed by atoms with E-state index in [4.69, 9.17) is 9.97 Å². The summed E-state index contributed by atoms with van der Waals surface area (Å²) in [5.74, 6) is 0. The van der Waals surface area contributed by atoms with Crippen LogP contribution in [0.1, 0.15) is 56.3 Å². The molecule has 0 spiro atoms. The Bertz CT molecular complexity index is 973. The van der Waals surface area contributed by atoms with Crippen LogP contribution in [0, 0.1) is 0 Å². The van der Waals surface area contributed by atoms with Gasteiger partial charge in [0.15, 0.2) is 5.65 Å². The molecule has 1 unspecified atom stereocenters. The van der Waals surface area contributed by atoms with Gasteiger partial charge in [0.1, 0.15) is 6.10 Å². The Morgan fingerprint density at radius 2 is 1.84 bits per heavy atom. The number of nitrogens with zero attached hydrogens (tertiary/aromatic N) is 2. The fraction of sp³-hybridized carbons (Fsp3) is 0.333. The predicted molar refractivity (Wildman–Crippen MR) is 101 cm³/mol. The van der Waals surface area contributed by atoms with E-state index >= 15 is 0 Å². The smallest absolute Gasteiger partial charge is 0.161 e. The van der Waals surface area contributed by atoms with E-state index < -0.39 is 6.10 Å². The first-order chi connectivity index (χ1) is 11.9. The molecule has 1 atom stereocenters. The average molecular weight is 333 g/mol. The highest BCUT2D eigenvalue weighted by atomic mass is 16.3. The first-order valence-corrected chi connectivity index (χ1v) is 8.78. The van der Waals surface area contributed by atoms with Crippen LogP contribution in [0.25, 0.3) is 11.0 Å².